The Labute approximate surface area is 119 Å². The first-order chi connectivity index (χ1) is 9.56. The number of nitrogens with zero attached hydrogens (tertiary/aromatic N) is 2. The number of hydrogen-bond acceptors (Lipinski definition) is 3. The van der Waals surface area contributed by atoms with Crippen molar-refractivity contribution < 1.29 is 9.53 Å². The van der Waals surface area contributed by atoms with Crippen molar-refractivity contribution in [3.05, 3.63) is 46.8 Å². The number of carbonyl (C=O) groups is 1. The zero-order valence-corrected chi connectivity index (χ0v) is 12.4. The maximum absolute atomic E-state index is 12.6. The van der Waals surface area contributed by atoms with Gasteiger partial charge in [0.15, 0.2) is 0 Å². The summed E-state index contributed by atoms with van der Waals surface area (Å²) in [6.45, 7) is 8.42. The second-order valence-corrected chi connectivity index (χ2v) is 4.86. The zero-order chi connectivity index (χ0) is 14.7. The smallest absolute Gasteiger partial charge is 0.282 e. The summed E-state index contributed by atoms with van der Waals surface area (Å²) in [5.41, 5.74) is 3.34. The van der Waals surface area contributed by atoms with E-state index in [1.807, 2.05) is 45.9 Å². The molecule has 1 aromatic carbocycles. The van der Waals surface area contributed by atoms with Gasteiger partial charge in [0.1, 0.15) is 5.75 Å². The van der Waals surface area contributed by atoms with Crippen molar-refractivity contribution in [1.29, 1.82) is 0 Å². The fraction of sp³-hybridized carbons (Fsp3) is 0.375. The van der Waals surface area contributed by atoms with Gasteiger partial charge >= 0.3 is 0 Å². The SMILES string of the molecule is CCCOc1ccccc1C(=O)n1nc(C)c(C)c1C. The highest BCUT2D eigenvalue weighted by Crippen LogP contribution is 2.21. The van der Waals surface area contributed by atoms with Gasteiger partial charge in [0, 0.05) is 5.69 Å². The second-order valence-electron chi connectivity index (χ2n) is 4.86. The second kappa shape index (κ2) is 5.90. The Hall–Kier alpha value is -2.10. The molecule has 20 heavy (non-hydrogen) atoms. The summed E-state index contributed by atoms with van der Waals surface area (Å²) in [6, 6.07) is 7.30. The fourth-order valence-corrected chi connectivity index (χ4v) is 2.01. The van der Waals surface area contributed by atoms with Crippen LogP contribution in [0.3, 0.4) is 0 Å². The summed E-state index contributed by atoms with van der Waals surface area (Å²) >= 11 is 0. The Morgan fingerprint density at radius 3 is 2.55 bits per heavy atom. The predicted octanol–water partition coefficient (Wildman–Crippen LogP) is 3.29. The topological polar surface area (TPSA) is 44.1 Å². The van der Waals surface area contributed by atoms with Crippen LogP contribution in [-0.2, 0) is 0 Å². The van der Waals surface area contributed by atoms with Crippen LogP contribution in [-0.4, -0.2) is 22.3 Å². The summed E-state index contributed by atoms with van der Waals surface area (Å²) in [6.07, 6.45) is 0.904. The van der Waals surface area contributed by atoms with Gasteiger partial charge in [0.05, 0.1) is 17.9 Å². The van der Waals surface area contributed by atoms with Crippen molar-refractivity contribution >= 4 is 5.91 Å². The van der Waals surface area contributed by atoms with Crippen LogP contribution in [0.15, 0.2) is 24.3 Å². The Morgan fingerprint density at radius 2 is 1.95 bits per heavy atom. The van der Waals surface area contributed by atoms with E-state index in [0.717, 1.165) is 23.4 Å². The number of para-hydroxylation sites is 1. The van der Waals surface area contributed by atoms with Gasteiger partial charge in [-0.25, -0.2) is 4.68 Å². The molecule has 0 fully saturated rings. The molecule has 0 radical (unpaired) electrons. The molecule has 0 N–H and O–H groups in total. The van der Waals surface area contributed by atoms with Gasteiger partial charge in [-0.2, -0.15) is 5.10 Å². The molecule has 0 aliphatic carbocycles. The third kappa shape index (κ3) is 2.59. The fourth-order valence-electron chi connectivity index (χ4n) is 2.01. The normalized spacial score (nSPS) is 10.6. The molecule has 0 saturated carbocycles. The van der Waals surface area contributed by atoms with Crippen LogP contribution >= 0.6 is 0 Å². The van der Waals surface area contributed by atoms with Gasteiger partial charge in [0.25, 0.3) is 5.91 Å². The molecule has 4 heteroatoms. The number of hydrogen-bond donors (Lipinski definition) is 0. The Bertz CT molecular complexity index is 629. The Morgan fingerprint density at radius 1 is 1.25 bits per heavy atom. The largest absolute Gasteiger partial charge is 0.493 e. The standard InChI is InChI=1S/C16H20N2O2/c1-5-10-20-15-9-7-6-8-14(15)16(19)18-13(4)11(2)12(3)17-18/h6-9H,5,10H2,1-4H3. The highest BCUT2D eigenvalue weighted by molar-refractivity contribution is 5.98. The summed E-state index contributed by atoms with van der Waals surface area (Å²) in [4.78, 5) is 12.6. The Kier molecular flexibility index (Phi) is 4.23. The van der Waals surface area contributed by atoms with Crippen molar-refractivity contribution in [2.75, 3.05) is 6.61 Å². The lowest BCUT2D eigenvalue weighted by Gasteiger charge is -2.10. The van der Waals surface area contributed by atoms with E-state index < -0.39 is 0 Å². The zero-order valence-electron chi connectivity index (χ0n) is 12.4. The summed E-state index contributed by atoms with van der Waals surface area (Å²) in [5.74, 6) is 0.468. The van der Waals surface area contributed by atoms with E-state index in [9.17, 15) is 4.79 Å². The van der Waals surface area contributed by atoms with Crippen molar-refractivity contribution in [3.8, 4) is 5.75 Å². The van der Waals surface area contributed by atoms with Crippen molar-refractivity contribution in [2.45, 2.75) is 34.1 Å². The third-order valence-electron chi connectivity index (χ3n) is 3.42. The summed E-state index contributed by atoms with van der Waals surface area (Å²) in [7, 11) is 0. The van der Waals surface area contributed by atoms with E-state index in [1.54, 1.807) is 6.07 Å². The molecule has 0 aliphatic rings. The molecule has 4 nitrogen and oxygen atoms in total. The molecule has 0 saturated heterocycles. The van der Waals surface area contributed by atoms with Crippen LogP contribution in [0.5, 0.6) is 5.75 Å². The summed E-state index contributed by atoms with van der Waals surface area (Å²) < 4.78 is 7.10. The lowest BCUT2D eigenvalue weighted by Crippen LogP contribution is -2.16. The van der Waals surface area contributed by atoms with Crippen molar-refractivity contribution in [2.24, 2.45) is 0 Å². The number of rotatable bonds is 4. The minimum Gasteiger partial charge on any atom is -0.493 e. The molecule has 0 bridgehead atoms. The van der Waals surface area contributed by atoms with Gasteiger partial charge in [-0.3, -0.25) is 4.79 Å². The van der Waals surface area contributed by atoms with E-state index in [1.165, 1.54) is 4.68 Å². The number of aromatic nitrogens is 2. The average Bonchev–Trinajstić information content (AvgIpc) is 2.72. The maximum atomic E-state index is 12.6. The van der Waals surface area contributed by atoms with Crippen molar-refractivity contribution in [1.82, 2.24) is 9.78 Å². The molecule has 1 heterocycles. The van der Waals surface area contributed by atoms with Crippen LogP contribution in [0.4, 0.5) is 0 Å². The molecule has 2 rings (SSSR count). The predicted molar refractivity (Wildman–Crippen MR) is 78.4 cm³/mol. The highest BCUT2D eigenvalue weighted by Gasteiger charge is 2.18. The van der Waals surface area contributed by atoms with Gasteiger partial charge in [-0.05, 0) is 44.9 Å². The molecule has 2 aromatic rings. The minimum absolute atomic E-state index is 0.148. The number of aryl methyl sites for hydroxylation is 1. The highest BCUT2D eigenvalue weighted by atomic mass is 16.5. The van der Waals surface area contributed by atoms with Gasteiger partial charge < -0.3 is 4.74 Å². The monoisotopic (exact) mass is 272 g/mol. The van der Waals surface area contributed by atoms with Crippen LogP contribution in [0.1, 0.15) is 40.7 Å². The lowest BCUT2D eigenvalue weighted by molar-refractivity contribution is 0.0938. The van der Waals surface area contributed by atoms with E-state index in [4.69, 9.17) is 4.74 Å². The van der Waals surface area contributed by atoms with E-state index in [-0.39, 0.29) is 5.91 Å². The number of ether oxygens (including phenoxy) is 1. The van der Waals surface area contributed by atoms with Gasteiger partial charge in [0.2, 0.25) is 0 Å². The van der Waals surface area contributed by atoms with Crippen LogP contribution in [0, 0.1) is 20.8 Å². The number of carbonyl (C=O) groups excluding carboxylic acids is 1. The van der Waals surface area contributed by atoms with Gasteiger partial charge in [-0.1, -0.05) is 19.1 Å². The first-order valence-electron chi connectivity index (χ1n) is 6.85. The third-order valence-corrected chi connectivity index (χ3v) is 3.42. The number of benzene rings is 1. The first-order valence-corrected chi connectivity index (χ1v) is 6.85. The molecule has 0 aliphatic heterocycles. The van der Waals surface area contributed by atoms with Crippen LogP contribution < -0.4 is 4.74 Å². The van der Waals surface area contributed by atoms with Gasteiger partial charge in [-0.15, -0.1) is 0 Å². The van der Waals surface area contributed by atoms with Crippen molar-refractivity contribution in [3.63, 3.8) is 0 Å². The molecular formula is C16H20N2O2. The quantitative estimate of drug-likeness (QED) is 0.858. The molecule has 0 unspecified atom stereocenters. The first kappa shape index (κ1) is 14.3. The molecule has 0 amide bonds. The van der Waals surface area contributed by atoms with E-state index >= 15 is 0 Å². The molecule has 1 aromatic heterocycles. The lowest BCUT2D eigenvalue weighted by atomic mass is 10.2. The molecule has 0 atom stereocenters. The molecule has 0 spiro atoms. The summed E-state index contributed by atoms with van der Waals surface area (Å²) in [5, 5.41) is 4.32. The molecular weight excluding hydrogens is 252 g/mol. The van der Waals surface area contributed by atoms with E-state index in [0.29, 0.717) is 17.9 Å². The van der Waals surface area contributed by atoms with Crippen LogP contribution in [0.25, 0.3) is 0 Å². The minimum atomic E-state index is -0.148. The Balaban J connectivity index is 2.40. The molecule has 106 valence electrons. The van der Waals surface area contributed by atoms with E-state index in [2.05, 4.69) is 5.10 Å². The van der Waals surface area contributed by atoms with Crippen LogP contribution in [0.2, 0.25) is 0 Å². The maximum Gasteiger partial charge on any atom is 0.282 e. The average molecular weight is 272 g/mol.